The fourth-order valence-electron chi connectivity index (χ4n) is 3.49. The van der Waals surface area contributed by atoms with Crippen molar-refractivity contribution < 1.29 is 9.53 Å². The SMILES string of the molecule is CC1CC(c2ccccc2)CCN1C(=O)C1CCOC1. The van der Waals surface area contributed by atoms with Gasteiger partial charge in [0.15, 0.2) is 0 Å². The predicted molar refractivity (Wildman–Crippen MR) is 78.5 cm³/mol. The molecule has 3 unspecified atom stereocenters. The van der Waals surface area contributed by atoms with Gasteiger partial charge in [-0.15, -0.1) is 0 Å². The van der Waals surface area contributed by atoms with Gasteiger partial charge >= 0.3 is 0 Å². The third-order valence-electron chi connectivity index (χ3n) is 4.71. The first-order chi connectivity index (χ1) is 9.75. The quantitative estimate of drug-likeness (QED) is 0.829. The van der Waals surface area contributed by atoms with Crippen molar-refractivity contribution in [2.45, 2.75) is 38.1 Å². The Morgan fingerprint density at radius 2 is 2.05 bits per heavy atom. The molecule has 0 aliphatic carbocycles. The molecule has 2 aliphatic heterocycles. The Bertz CT molecular complexity index is 453. The summed E-state index contributed by atoms with van der Waals surface area (Å²) < 4.78 is 5.35. The minimum Gasteiger partial charge on any atom is -0.381 e. The average molecular weight is 273 g/mol. The molecule has 0 spiro atoms. The van der Waals surface area contributed by atoms with E-state index < -0.39 is 0 Å². The van der Waals surface area contributed by atoms with E-state index in [0.717, 1.165) is 32.4 Å². The largest absolute Gasteiger partial charge is 0.381 e. The minimum absolute atomic E-state index is 0.103. The average Bonchev–Trinajstić information content (AvgIpc) is 3.01. The zero-order chi connectivity index (χ0) is 13.9. The second-order valence-electron chi connectivity index (χ2n) is 6.07. The number of hydrogen-bond acceptors (Lipinski definition) is 2. The van der Waals surface area contributed by atoms with E-state index >= 15 is 0 Å². The lowest BCUT2D eigenvalue weighted by atomic mass is 9.85. The number of carbonyl (C=O) groups excluding carboxylic acids is 1. The molecule has 0 radical (unpaired) electrons. The molecule has 2 aliphatic rings. The molecule has 3 rings (SSSR count). The Balaban J connectivity index is 1.63. The monoisotopic (exact) mass is 273 g/mol. The van der Waals surface area contributed by atoms with Crippen LogP contribution in [0.4, 0.5) is 0 Å². The maximum Gasteiger partial charge on any atom is 0.228 e. The summed E-state index contributed by atoms with van der Waals surface area (Å²) >= 11 is 0. The van der Waals surface area contributed by atoms with Gasteiger partial charge in [0.1, 0.15) is 0 Å². The zero-order valence-corrected chi connectivity index (χ0v) is 12.1. The fourth-order valence-corrected chi connectivity index (χ4v) is 3.49. The van der Waals surface area contributed by atoms with Gasteiger partial charge in [-0.2, -0.15) is 0 Å². The maximum absolute atomic E-state index is 12.5. The molecule has 0 aromatic heterocycles. The molecule has 3 heteroatoms. The zero-order valence-electron chi connectivity index (χ0n) is 12.1. The molecular weight excluding hydrogens is 250 g/mol. The van der Waals surface area contributed by atoms with E-state index in [-0.39, 0.29) is 5.92 Å². The highest BCUT2D eigenvalue weighted by Gasteiger charge is 2.34. The number of likely N-dealkylation sites (tertiary alicyclic amines) is 1. The van der Waals surface area contributed by atoms with E-state index in [0.29, 0.717) is 24.5 Å². The number of rotatable bonds is 2. The van der Waals surface area contributed by atoms with Crippen molar-refractivity contribution in [1.29, 1.82) is 0 Å². The summed E-state index contributed by atoms with van der Waals surface area (Å²) in [6.07, 6.45) is 3.04. The van der Waals surface area contributed by atoms with E-state index in [2.05, 4.69) is 42.2 Å². The lowest BCUT2D eigenvalue weighted by molar-refractivity contribution is -0.139. The first-order valence-electron chi connectivity index (χ1n) is 7.69. The maximum atomic E-state index is 12.5. The van der Waals surface area contributed by atoms with Gasteiger partial charge in [-0.1, -0.05) is 30.3 Å². The van der Waals surface area contributed by atoms with Crippen LogP contribution in [0.25, 0.3) is 0 Å². The number of amides is 1. The Labute approximate surface area is 120 Å². The van der Waals surface area contributed by atoms with E-state index in [4.69, 9.17) is 4.74 Å². The van der Waals surface area contributed by atoms with Crippen molar-refractivity contribution >= 4 is 5.91 Å². The molecule has 0 N–H and O–H groups in total. The topological polar surface area (TPSA) is 29.5 Å². The standard InChI is InChI=1S/C17H23NO2/c1-13-11-15(14-5-3-2-4-6-14)7-9-18(13)17(19)16-8-10-20-12-16/h2-6,13,15-16H,7-12H2,1H3. The summed E-state index contributed by atoms with van der Waals surface area (Å²) in [6.45, 7) is 4.42. The number of benzene rings is 1. The Morgan fingerprint density at radius 1 is 1.25 bits per heavy atom. The summed E-state index contributed by atoms with van der Waals surface area (Å²) in [5, 5.41) is 0. The number of carbonyl (C=O) groups is 1. The summed E-state index contributed by atoms with van der Waals surface area (Å²) in [7, 11) is 0. The van der Waals surface area contributed by atoms with E-state index in [1.54, 1.807) is 0 Å². The summed E-state index contributed by atoms with van der Waals surface area (Å²) in [5.74, 6) is 1.00. The molecule has 0 saturated carbocycles. The highest BCUT2D eigenvalue weighted by molar-refractivity contribution is 5.79. The molecule has 0 bridgehead atoms. The van der Waals surface area contributed by atoms with E-state index in [9.17, 15) is 4.79 Å². The molecular formula is C17H23NO2. The first kappa shape index (κ1) is 13.6. The molecule has 3 nitrogen and oxygen atoms in total. The predicted octanol–water partition coefficient (Wildman–Crippen LogP) is 2.82. The Morgan fingerprint density at radius 3 is 2.70 bits per heavy atom. The molecule has 108 valence electrons. The second-order valence-corrected chi connectivity index (χ2v) is 6.07. The van der Waals surface area contributed by atoms with Crippen LogP contribution >= 0.6 is 0 Å². The molecule has 2 saturated heterocycles. The molecule has 1 aromatic rings. The third kappa shape index (κ3) is 2.73. The summed E-state index contributed by atoms with van der Waals surface area (Å²) in [5.41, 5.74) is 1.41. The summed E-state index contributed by atoms with van der Waals surface area (Å²) in [4.78, 5) is 14.6. The van der Waals surface area contributed by atoms with Gasteiger partial charge in [0.2, 0.25) is 5.91 Å². The lowest BCUT2D eigenvalue weighted by Crippen LogP contribution is -2.46. The molecule has 2 heterocycles. The molecule has 1 amide bonds. The van der Waals surface area contributed by atoms with Gasteiger partial charge in [0.05, 0.1) is 12.5 Å². The summed E-state index contributed by atoms with van der Waals surface area (Å²) in [6, 6.07) is 11.0. The Kier molecular flexibility index (Phi) is 4.06. The van der Waals surface area contributed by atoms with Crippen LogP contribution < -0.4 is 0 Å². The van der Waals surface area contributed by atoms with Gasteiger partial charge in [-0.25, -0.2) is 0 Å². The van der Waals surface area contributed by atoms with Crippen molar-refractivity contribution in [3.63, 3.8) is 0 Å². The van der Waals surface area contributed by atoms with Crippen LogP contribution in [0.5, 0.6) is 0 Å². The van der Waals surface area contributed by atoms with E-state index in [1.807, 2.05) is 0 Å². The van der Waals surface area contributed by atoms with Gasteiger partial charge in [0.25, 0.3) is 0 Å². The highest BCUT2D eigenvalue weighted by atomic mass is 16.5. The van der Waals surface area contributed by atoms with Gasteiger partial charge in [0, 0.05) is 19.2 Å². The smallest absolute Gasteiger partial charge is 0.228 e. The van der Waals surface area contributed by atoms with Crippen LogP contribution in [-0.2, 0) is 9.53 Å². The molecule has 20 heavy (non-hydrogen) atoms. The van der Waals surface area contributed by atoms with Gasteiger partial charge in [-0.05, 0) is 37.7 Å². The van der Waals surface area contributed by atoms with Crippen LogP contribution in [0.1, 0.15) is 37.7 Å². The number of hydrogen-bond donors (Lipinski definition) is 0. The normalized spacial score (nSPS) is 30.4. The van der Waals surface area contributed by atoms with E-state index in [1.165, 1.54) is 5.56 Å². The van der Waals surface area contributed by atoms with Crippen LogP contribution in [-0.4, -0.2) is 36.6 Å². The van der Waals surface area contributed by atoms with Crippen molar-refractivity contribution in [2.24, 2.45) is 5.92 Å². The van der Waals surface area contributed by atoms with Crippen LogP contribution in [0, 0.1) is 5.92 Å². The van der Waals surface area contributed by atoms with Crippen molar-refractivity contribution in [2.75, 3.05) is 19.8 Å². The fraction of sp³-hybridized carbons (Fsp3) is 0.588. The highest BCUT2D eigenvalue weighted by Crippen LogP contribution is 2.32. The third-order valence-corrected chi connectivity index (χ3v) is 4.71. The van der Waals surface area contributed by atoms with Gasteiger partial charge < -0.3 is 9.64 Å². The molecule has 3 atom stereocenters. The van der Waals surface area contributed by atoms with Crippen molar-refractivity contribution in [3.05, 3.63) is 35.9 Å². The van der Waals surface area contributed by atoms with Crippen molar-refractivity contribution in [3.8, 4) is 0 Å². The molecule has 2 fully saturated rings. The minimum atomic E-state index is 0.103. The second kappa shape index (κ2) is 5.96. The Hall–Kier alpha value is -1.35. The van der Waals surface area contributed by atoms with Crippen LogP contribution in [0.3, 0.4) is 0 Å². The van der Waals surface area contributed by atoms with Crippen LogP contribution in [0.2, 0.25) is 0 Å². The number of nitrogens with zero attached hydrogens (tertiary/aromatic N) is 1. The van der Waals surface area contributed by atoms with Crippen molar-refractivity contribution in [1.82, 2.24) is 4.90 Å². The lowest BCUT2D eigenvalue weighted by Gasteiger charge is -2.39. The number of ether oxygens (including phenoxy) is 1. The molecule has 1 aromatic carbocycles. The van der Waals surface area contributed by atoms with Gasteiger partial charge in [-0.3, -0.25) is 4.79 Å². The number of piperidine rings is 1. The van der Waals surface area contributed by atoms with Crippen LogP contribution in [0.15, 0.2) is 30.3 Å². The first-order valence-corrected chi connectivity index (χ1v) is 7.69.